The van der Waals surface area contributed by atoms with Crippen LogP contribution in [0.3, 0.4) is 0 Å². The van der Waals surface area contributed by atoms with Gasteiger partial charge in [0.25, 0.3) is 0 Å². The Hall–Kier alpha value is -1.87. The first kappa shape index (κ1) is 13.6. The summed E-state index contributed by atoms with van der Waals surface area (Å²) in [5, 5.41) is 0.220. The van der Waals surface area contributed by atoms with Crippen LogP contribution in [0.4, 0.5) is 4.39 Å². The summed E-state index contributed by atoms with van der Waals surface area (Å²) in [6, 6.07) is 10.5. The van der Waals surface area contributed by atoms with E-state index in [2.05, 4.69) is 0 Å². The summed E-state index contributed by atoms with van der Waals surface area (Å²) in [6.07, 6.45) is 0. The maximum absolute atomic E-state index is 13.2. The molecule has 0 aliphatic heterocycles. The van der Waals surface area contributed by atoms with Crippen molar-refractivity contribution in [2.24, 2.45) is 0 Å². The summed E-state index contributed by atoms with van der Waals surface area (Å²) in [5.74, 6) is -0.384. The molecule has 98 valence electrons. The van der Waals surface area contributed by atoms with Crippen molar-refractivity contribution in [1.82, 2.24) is 0 Å². The third kappa shape index (κ3) is 2.93. The molecule has 0 unspecified atom stereocenters. The number of rotatable bonds is 4. The molecule has 0 radical (unpaired) electrons. The fourth-order valence-corrected chi connectivity index (χ4v) is 1.96. The molecule has 0 heterocycles. The molecule has 4 heteroatoms. The number of hydrogen-bond acceptors (Lipinski definition) is 2. The number of para-hydroxylation sites is 1. The normalized spacial score (nSPS) is 10.3. The van der Waals surface area contributed by atoms with Gasteiger partial charge in [-0.05, 0) is 37.3 Å². The fourth-order valence-electron chi connectivity index (χ4n) is 1.75. The Morgan fingerprint density at radius 3 is 2.68 bits per heavy atom. The lowest BCUT2D eigenvalue weighted by molar-refractivity contribution is 0.103. The van der Waals surface area contributed by atoms with E-state index in [9.17, 15) is 9.18 Å². The molecular weight excluding hydrogens is 267 g/mol. The van der Waals surface area contributed by atoms with E-state index in [1.165, 1.54) is 12.1 Å². The lowest BCUT2D eigenvalue weighted by Crippen LogP contribution is -2.06. The van der Waals surface area contributed by atoms with Crippen molar-refractivity contribution in [2.45, 2.75) is 6.92 Å². The van der Waals surface area contributed by atoms with Crippen LogP contribution in [-0.4, -0.2) is 12.4 Å². The molecule has 0 fully saturated rings. The Morgan fingerprint density at radius 2 is 1.95 bits per heavy atom. The Balaban J connectivity index is 2.47. The van der Waals surface area contributed by atoms with Crippen molar-refractivity contribution in [3.63, 3.8) is 0 Å². The second-order valence-corrected chi connectivity index (χ2v) is 4.29. The maximum Gasteiger partial charge on any atom is 0.198 e. The zero-order chi connectivity index (χ0) is 13.8. The van der Waals surface area contributed by atoms with Crippen LogP contribution in [0.25, 0.3) is 0 Å². The van der Waals surface area contributed by atoms with Gasteiger partial charge in [0, 0.05) is 5.56 Å². The summed E-state index contributed by atoms with van der Waals surface area (Å²) >= 11 is 5.94. The molecule has 2 nitrogen and oxygen atoms in total. The van der Waals surface area contributed by atoms with Gasteiger partial charge >= 0.3 is 0 Å². The molecule has 0 N–H and O–H groups in total. The molecule has 0 bridgehead atoms. The standard InChI is InChI=1S/C15H12ClFO2/c1-2-19-14-6-4-3-5-11(14)15(18)12-9-10(17)7-8-13(12)16/h3-9H,2H2,1H3. The van der Waals surface area contributed by atoms with Gasteiger partial charge < -0.3 is 4.74 Å². The first-order valence-electron chi connectivity index (χ1n) is 5.85. The molecule has 19 heavy (non-hydrogen) atoms. The molecule has 0 spiro atoms. The van der Waals surface area contributed by atoms with E-state index in [4.69, 9.17) is 16.3 Å². The highest BCUT2D eigenvalue weighted by atomic mass is 35.5. The lowest BCUT2D eigenvalue weighted by atomic mass is 10.0. The van der Waals surface area contributed by atoms with Crippen LogP contribution >= 0.6 is 11.6 Å². The minimum atomic E-state index is -0.498. The third-order valence-corrected chi connectivity index (χ3v) is 2.93. The monoisotopic (exact) mass is 278 g/mol. The van der Waals surface area contributed by atoms with Crippen molar-refractivity contribution in [3.8, 4) is 5.75 Å². The molecule has 0 saturated carbocycles. The van der Waals surface area contributed by atoms with Crippen LogP contribution in [0.1, 0.15) is 22.8 Å². The Kier molecular flexibility index (Phi) is 4.17. The van der Waals surface area contributed by atoms with Crippen molar-refractivity contribution < 1.29 is 13.9 Å². The van der Waals surface area contributed by atoms with Crippen molar-refractivity contribution in [1.29, 1.82) is 0 Å². The van der Waals surface area contributed by atoms with Gasteiger partial charge in [0.1, 0.15) is 11.6 Å². The number of carbonyl (C=O) groups excluding carboxylic acids is 1. The van der Waals surface area contributed by atoms with Crippen LogP contribution in [0.2, 0.25) is 5.02 Å². The van der Waals surface area contributed by atoms with Gasteiger partial charge in [-0.25, -0.2) is 4.39 Å². The van der Waals surface area contributed by atoms with E-state index in [1.54, 1.807) is 24.3 Å². The van der Waals surface area contributed by atoms with Crippen molar-refractivity contribution >= 4 is 17.4 Å². The predicted molar refractivity (Wildman–Crippen MR) is 72.5 cm³/mol. The van der Waals surface area contributed by atoms with E-state index >= 15 is 0 Å². The SMILES string of the molecule is CCOc1ccccc1C(=O)c1cc(F)ccc1Cl. The Morgan fingerprint density at radius 1 is 1.21 bits per heavy atom. The van der Waals surface area contributed by atoms with Crippen LogP contribution in [0.5, 0.6) is 5.75 Å². The maximum atomic E-state index is 13.2. The lowest BCUT2D eigenvalue weighted by Gasteiger charge is -2.10. The number of halogens is 2. The molecule has 0 atom stereocenters. The predicted octanol–water partition coefficient (Wildman–Crippen LogP) is 4.11. The van der Waals surface area contributed by atoms with Gasteiger partial charge in [-0.3, -0.25) is 4.79 Å². The number of hydrogen-bond donors (Lipinski definition) is 0. The van der Waals surface area contributed by atoms with Crippen molar-refractivity contribution in [3.05, 3.63) is 64.4 Å². The van der Waals surface area contributed by atoms with Gasteiger partial charge in [0.15, 0.2) is 5.78 Å². The minimum Gasteiger partial charge on any atom is -0.493 e. The van der Waals surface area contributed by atoms with E-state index in [0.717, 1.165) is 6.07 Å². The zero-order valence-corrected chi connectivity index (χ0v) is 11.1. The average molecular weight is 279 g/mol. The van der Waals surface area contributed by atoms with E-state index in [-0.39, 0.29) is 16.4 Å². The zero-order valence-electron chi connectivity index (χ0n) is 10.3. The second kappa shape index (κ2) is 5.85. The van der Waals surface area contributed by atoms with Crippen LogP contribution in [0, 0.1) is 5.82 Å². The van der Waals surface area contributed by atoms with Crippen LogP contribution < -0.4 is 4.74 Å². The van der Waals surface area contributed by atoms with Crippen molar-refractivity contribution in [2.75, 3.05) is 6.61 Å². The largest absolute Gasteiger partial charge is 0.493 e. The van der Waals surface area contributed by atoms with E-state index in [1.807, 2.05) is 6.92 Å². The Labute approximate surface area is 115 Å². The first-order chi connectivity index (χ1) is 9.13. The average Bonchev–Trinajstić information content (AvgIpc) is 2.42. The number of ether oxygens (including phenoxy) is 1. The van der Waals surface area contributed by atoms with Gasteiger partial charge in [-0.2, -0.15) is 0 Å². The summed E-state index contributed by atoms with van der Waals surface area (Å²) in [5.41, 5.74) is 0.505. The van der Waals surface area contributed by atoms with Crippen LogP contribution in [-0.2, 0) is 0 Å². The quantitative estimate of drug-likeness (QED) is 0.787. The third-order valence-electron chi connectivity index (χ3n) is 2.60. The molecule has 0 aliphatic carbocycles. The minimum absolute atomic E-state index is 0.133. The second-order valence-electron chi connectivity index (χ2n) is 3.88. The summed E-state index contributed by atoms with van der Waals surface area (Å²) in [7, 11) is 0. The molecule has 0 amide bonds. The highest BCUT2D eigenvalue weighted by molar-refractivity contribution is 6.35. The molecular formula is C15H12ClFO2. The first-order valence-corrected chi connectivity index (χ1v) is 6.23. The van der Waals surface area contributed by atoms with E-state index < -0.39 is 5.82 Å². The fraction of sp³-hybridized carbons (Fsp3) is 0.133. The highest BCUT2D eigenvalue weighted by Crippen LogP contribution is 2.25. The smallest absolute Gasteiger partial charge is 0.198 e. The van der Waals surface area contributed by atoms with Gasteiger partial charge in [-0.15, -0.1) is 0 Å². The Bertz CT molecular complexity index is 611. The molecule has 2 rings (SSSR count). The molecule has 2 aromatic rings. The summed E-state index contributed by atoms with van der Waals surface area (Å²) < 4.78 is 18.6. The van der Waals surface area contributed by atoms with Gasteiger partial charge in [0.05, 0.1) is 17.2 Å². The van der Waals surface area contributed by atoms with E-state index in [0.29, 0.717) is 17.9 Å². The molecule has 0 aliphatic rings. The molecule has 0 saturated heterocycles. The number of ketones is 1. The van der Waals surface area contributed by atoms with Gasteiger partial charge in [-0.1, -0.05) is 23.7 Å². The topological polar surface area (TPSA) is 26.3 Å². The summed E-state index contributed by atoms with van der Waals surface area (Å²) in [6.45, 7) is 2.28. The van der Waals surface area contributed by atoms with Gasteiger partial charge in [0.2, 0.25) is 0 Å². The summed E-state index contributed by atoms with van der Waals surface area (Å²) in [4.78, 5) is 12.4. The molecule has 0 aromatic heterocycles. The van der Waals surface area contributed by atoms with Crippen LogP contribution in [0.15, 0.2) is 42.5 Å². The highest BCUT2D eigenvalue weighted by Gasteiger charge is 2.17. The number of carbonyl (C=O) groups is 1. The molecule has 2 aromatic carbocycles. The number of benzene rings is 2.